The SMILES string of the molecule is COC(=O)c1cccc(C23CC4(C2)[C@H](CN(Cc2ccc(C(F)(F)F)cc2)[C@@H]4c2ccccc2)C3c2ccccc2)c1. The minimum Gasteiger partial charge on any atom is -0.465 e. The van der Waals surface area contributed by atoms with E-state index in [1.54, 1.807) is 12.1 Å². The average Bonchev–Trinajstić information content (AvgIpc) is 3.56. The number of carbonyl (C=O) groups is 1. The molecule has 8 rings (SSSR count). The van der Waals surface area contributed by atoms with Crippen LogP contribution in [-0.2, 0) is 22.9 Å². The van der Waals surface area contributed by atoms with E-state index in [9.17, 15) is 18.0 Å². The van der Waals surface area contributed by atoms with Crippen molar-refractivity contribution in [1.29, 1.82) is 0 Å². The lowest BCUT2D eigenvalue weighted by Gasteiger charge is -2.53. The first-order chi connectivity index (χ1) is 20.2. The highest BCUT2D eigenvalue weighted by atomic mass is 19.4. The smallest absolute Gasteiger partial charge is 0.416 e. The maximum Gasteiger partial charge on any atom is 0.416 e. The molecule has 4 fully saturated rings. The van der Waals surface area contributed by atoms with Crippen LogP contribution in [0.15, 0.2) is 109 Å². The van der Waals surface area contributed by atoms with E-state index in [0.717, 1.165) is 24.9 Å². The lowest BCUT2D eigenvalue weighted by Crippen LogP contribution is -2.47. The minimum atomic E-state index is -4.35. The van der Waals surface area contributed by atoms with Gasteiger partial charge < -0.3 is 4.74 Å². The van der Waals surface area contributed by atoms with Gasteiger partial charge in [-0.05, 0) is 76.6 Å². The number of hydrogen-bond acceptors (Lipinski definition) is 3. The summed E-state index contributed by atoms with van der Waals surface area (Å²) in [6, 6.07) is 35.0. The van der Waals surface area contributed by atoms with Gasteiger partial charge in [0.2, 0.25) is 0 Å². The molecular formula is C36H32F3NO2. The minimum absolute atomic E-state index is 0.00897. The molecule has 0 N–H and O–H groups in total. The number of ether oxygens (including phenoxy) is 1. The van der Waals surface area contributed by atoms with Crippen molar-refractivity contribution in [2.45, 2.75) is 42.9 Å². The van der Waals surface area contributed by atoms with Crippen molar-refractivity contribution in [2.75, 3.05) is 13.7 Å². The fourth-order valence-electron chi connectivity index (χ4n) is 8.76. The highest BCUT2D eigenvalue weighted by Gasteiger charge is 2.77. The number of benzene rings is 4. The number of hydrogen-bond donors (Lipinski definition) is 0. The van der Waals surface area contributed by atoms with E-state index in [2.05, 4.69) is 59.5 Å². The van der Waals surface area contributed by atoms with E-state index in [-0.39, 0.29) is 28.8 Å². The lowest BCUT2D eigenvalue weighted by molar-refractivity contribution is -0.137. The fourth-order valence-corrected chi connectivity index (χ4v) is 8.76. The zero-order valence-corrected chi connectivity index (χ0v) is 23.4. The van der Waals surface area contributed by atoms with Crippen LogP contribution in [0.3, 0.4) is 0 Å². The molecule has 4 aliphatic rings. The van der Waals surface area contributed by atoms with Gasteiger partial charge >= 0.3 is 12.1 Å². The number of alkyl halides is 3. The maximum atomic E-state index is 13.3. The molecule has 3 aliphatic carbocycles. The molecule has 4 aromatic rings. The second-order valence-electron chi connectivity index (χ2n) is 12.2. The topological polar surface area (TPSA) is 29.5 Å². The van der Waals surface area contributed by atoms with Gasteiger partial charge in [-0.1, -0.05) is 84.9 Å². The average molecular weight is 568 g/mol. The van der Waals surface area contributed by atoms with E-state index in [1.165, 1.54) is 35.9 Å². The summed E-state index contributed by atoms with van der Waals surface area (Å²) in [6.07, 6.45) is -2.38. The molecule has 3 nitrogen and oxygen atoms in total. The lowest BCUT2D eigenvalue weighted by atomic mass is 9.52. The van der Waals surface area contributed by atoms with Crippen molar-refractivity contribution in [3.63, 3.8) is 0 Å². The molecule has 214 valence electrons. The molecule has 0 aromatic heterocycles. The normalized spacial score (nSPS) is 28.2. The van der Waals surface area contributed by atoms with Crippen LogP contribution in [0.1, 0.15) is 63.0 Å². The zero-order chi connectivity index (χ0) is 29.1. The van der Waals surface area contributed by atoms with Gasteiger partial charge in [-0.25, -0.2) is 4.79 Å². The summed E-state index contributed by atoms with van der Waals surface area (Å²) >= 11 is 0. The number of likely N-dealkylation sites (tertiary alicyclic amines) is 1. The summed E-state index contributed by atoms with van der Waals surface area (Å²) in [5.74, 6) is 0.262. The molecule has 2 bridgehead atoms. The van der Waals surface area contributed by atoms with E-state index in [0.29, 0.717) is 18.0 Å². The third kappa shape index (κ3) is 4.10. The van der Waals surface area contributed by atoms with Crippen LogP contribution < -0.4 is 0 Å². The molecule has 4 aromatic carbocycles. The molecule has 1 heterocycles. The number of esters is 1. The van der Waals surface area contributed by atoms with Crippen LogP contribution in [0.25, 0.3) is 0 Å². The van der Waals surface area contributed by atoms with Gasteiger partial charge in [-0.2, -0.15) is 13.2 Å². The number of nitrogens with zero attached hydrogens (tertiary/aromatic N) is 1. The van der Waals surface area contributed by atoms with Gasteiger partial charge in [0.25, 0.3) is 0 Å². The Bertz CT molecular complexity index is 1590. The number of rotatable bonds is 6. The highest BCUT2D eigenvalue weighted by Crippen LogP contribution is 2.82. The van der Waals surface area contributed by atoms with Crippen LogP contribution in [0.2, 0.25) is 0 Å². The Morgan fingerprint density at radius 1 is 0.857 bits per heavy atom. The molecule has 3 saturated carbocycles. The summed E-state index contributed by atoms with van der Waals surface area (Å²) in [5, 5.41) is 0. The first-order valence-electron chi connectivity index (χ1n) is 14.4. The van der Waals surface area contributed by atoms with E-state index in [1.807, 2.05) is 30.3 Å². The second-order valence-corrected chi connectivity index (χ2v) is 12.2. The summed E-state index contributed by atoms with van der Waals surface area (Å²) in [5.41, 5.74) is 4.46. The van der Waals surface area contributed by atoms with E-state index >= 15 is 0 Å². The third-order valence-electron chi connectivity index (χ3n) is 10.2. The van der Waals surface area contributed by atoms with Crippen LogP contribution in [-0.4, -0.2) is 24.5 Å². The highest BCUT2D eigenvalue weighted by molar-refractivity contribution is 5.89. The van der Waals surface area contributed by atoms with Gasteiger partial charge in [0, 0.05) is 24.5 Å². The molecule has 6 heteroatoms. The Morgan fingerprint density at radius 2 is 1.50 bits per heavy atom. The van der Waals surface area contributed by atoms with Crippen molar-refractivity contribution in [3.05, 3.63) is 143 Å². The van der Waals surface area contributed by atoms with Gasteiger partial charge in [-0.15, -0.1) is 0 Å². The molecule has 1 aliphatic heterocycles. The maximum absolute atomic E-state index is 13.3. The Hall–Kier alpha value is -3.90. The molecule has 3 atom stereocenters. The van der Waals surface area contributed by atoms with E-state index in [4.69, 9.17) is 4.74 Å². The Balaban J connectivity index is 1.30. The summed E-state index contributed by atoms with van der Waals surface area (Å²) in [6.45, 7) is 1.43. The molecular weight excluding hydrogens is 535 g/mol. The molecule has 42 heavy (non-hydrogen) atoms. The van der Waals surface area contributed by atoms with Crippen molar-refractivity contribution < 1.29 is 22.7 Å². The molecule has 0 amide bonds. The quantitative estimate of drug-likeness (QED) is 0.220. The predicted molar refractivity (Wildman–Crippen MR) is 155 cm³/mol. The summed E-state index contributed by atoms with van der Waals surface area (Å²) in [7, 11) is 1.41. The number of carbonyl (C=O) groups excluding carboxylic acids is 1. The summed E-state index contributed by atoms with van der Waals surface area (Å²) < 4.78 is 44.8. The monoisotopic (exact) mass is 567 g/mol. The molecule has 1 unspecified atom stereocenters. The number of methoxy groups -OCH3 is 1. The first kappa shape index (κ1) is 27.0. The van der Waals surface area contributed by atoms with Gasteiger partial charge in [-0.3, -0.25) is 4.90 Å². The molecule has 1 saturated heterocycles. The first-order valence-corrected chi connectivity index (χ1v) is 14.4. The Morgan fingerprint density at radius 3 is 2.12 bits per heavy atom. The molecule has 0 radical (unpaired) electrons. The van der Waals surface area contributed by atoms with Gasteiger partial charge in [0.15, 0.2) is 0 Å². The Labute approximate surface area is 243 Å². The fraction of sp³-hybridized carbons (Fsp3) is 0.306. The largest absolute Gasteiger partial charge is 0.465 e. The van der Waals surface area contributed by atoms with Crippen molar-refractivity contribution >= 4 is 5.97 Å². The second kappa shape index (κ2) is 9.84. The van der Waals surface area contributed by atoms with Crippen LogP contribution >= 0.6 is 0 Å². The van der Waals surface area contributed by atoms with Crippen LogP contribution in [0.4, 0.5) is 13.2 Å². The standard InChI is InChI=1S/C36H32F3NO2/c1-42-33(41)27-13-8-14-29(19-27)34-22-35(23-34)30(31(34)25-9-4-2-5-10-25)21-40(32(35)26-11-6-3-7-12-26)20-24-15-17-28(18-16-24)36(37,38)39/h2-19,30-32H,20-23H2,1H3/t30-,31?,32-,34?,35?/m1/s1. The summed E-state index contributed by atoms with van der Waals surface area (Å²) in [4.78, 5) is 15.0. The van der Waals surface area contributed by atoms with Crippen molar-refractivity contribution in [1.82, 2.24) is 4.90 Å². The zero-order valence-electron chi connectivity index (χ0n) is 23.4. The van der Waals surface area contributed by atoms with Crippen molar-refractivity contribution in [2.24, 2.45) is 11.3 Å². The van der Waals surface area contributed by atoms with Crippen molar-refractivity contribution in [3.8, 4) is 0 Å². The van der Waals surface area contributed by atoms with Gasteiger partial charge in [0.05, 0.1) is 18.2 Å². The van der Waals surface area contributed by atoms with E-state index < -0.39 is 11.7 Å². The van der Waals surface area contributed by atoms with Gasteiger partial charge in [0.1, 0.15) is 0 Å². The Kier molecular flexibility index (Phi) is 6.32. The third-order valence-corrected chi connectivity index (χ3v) is 10.2. The van der Waals surface area contributed by atoms with Crippen LogP contribution in [0.5, 0.6) is 0 Å². The molecule has 1 spiro atoms. The van der Waals surface area contributed by atoms with Crippen LogP contribution in [0, 0.1) is 11.3 Å². The number of halogens is 3. The predicted octanol–water partition coefficient (Wildman–Crippen LogP) is 8.18.